The first-order valence-electron chi connectivity index (χ1n) is 5.61. The zero-order valence-electron chi connectivity index (χ0n) is 9.93. The van der Waals surface area contributed by atoms with Crippen molar-refractivity contribution in [2.24, 2.45) is 0 Å². The molecular weight excluding hydrogens is 266 g/mol. The smallest absolute Gasteiger partial charge is 0.255 e. The van der Waals surface area contributed by atoms with E-state index in [1.807, 2.05) is 0 Å². The van der Waals surface area contributed by atoms with Gasteiger partial charge in [-0.3, -0.25) is 4.79 Å². The fourth-order valence-electron chi connectivity index (χ4n) is 1.58. The zero-order valence-corrected chi connectivity index (χ0v) is 10.7. The van der Waals surface area contributed by atoms with Crippen LogP contribution in [0.25, 0.3) is 0 Å². The molecule has 0 aliphatic carbocycles. The Labute approximate surface area is 115 Å². The topological polar surface area (TPSA) is 69.6 Å². The van der Waals surface area contributed by atoms with Gasteiger partial charge in [-0.25, -0.2) is 0 Å². The molecule has 5 heteroatoms. The summed E-state index contributed by atoms with van der Waals surface area (Å²) >= 11 is 5.78. The molecule has 0 aromatic heterocycles. The highest BCUT2D eigenvalue weighted by Crippen LogP contribution is 2.21. The Hall–Kier alpha value is -2.20. The molecule has 3 N–H and O–H groups in total. The Morgan fingerprint density at radius 3 is 2.47 bits per heavy atom. The Kier molecular flexibility index (Phi) is 3.92. The van der Waals surface area contributed by atoms with Crippen LogP contribution in [0.2, 0.25) is 5.02 Å². The third kappa shape index (κ3) is 3.39. The number of aromatic hydroxyl groups is 2. The van der Waals surface area contributed by atoms with Gasteiger partial charge in [0.25, 0.3) is 5.91 Å². The number of nitrogens with one attached hydrogen (secondary N) is 1. The molecule has 0 bridgehead atoms. The minimum atomic E-state index is -0.409. The van der Waals surface area contributed by atoms with Crippen molar-refractivity contribution in [1.82, 2.24) is 5.32 Å². The molecule has 0 atom stereocenters. The summed E-state index contributed by atoms with van der Waals surface area (Å²) in [5.74, 6) is -0.358. The average Bonchev–Trinajstić information content (AvgIpc) is 2.40. The Morgan fingerprint density at radius 2 is 1.79 bits per heavy atom. The van der Waals surface area contributed by atoms with E-state index < -0.39 is 5.91 Å². The molecule has 19 heavy (non-hydrogen) atoms. The Balaban J connectivity index is 2.05. The van der Waals surface area contributed by atoms with Gasteiger partial charge in [-0.05, 0) is 35.9 Å². The number of carbonyl (C=O) groups excluding carboxylic acids is 1. The second-order valence-corrected chi connectivity index (χ2v) is 4.45. The fourth-order valence-corrected chi connectivity index (χ4v) is 1.75. The summed E-state index contributed by atoms with van der Waals surface area (Å²) in [4.78, 5) is 11.9. The van der Waals surface area contributed by atoms with Gasteiger partial charge in [-0.1, -0.05) is 23.7 Å². The van der Waals surface area contributed by atoms with Crippen molar-refractivity contribution in [3.05, 3.63) is 58.6 Å². The predicted molar refractivity (Wildman–Crippen MR) is 72.4 cm³/mol. The molecule has 1 amide bonds. The summed E-state index contributed by atoms with van der Waals surface area (Å²) in [5.41, 5.74) is 0.971. The molecule has 0 aliphatic rings. The van der Waals surface area contributed by atoms with Crippen LogP contribution in [0.4, 0.5) is 0 Å². The summed E-state index contributed by atoms with van der Waals surface area (Å²) in [6.07, 6.45) is 0. The summed E-state index contributed by atoms with van der Waals surface area (Å²) in [6.45, 7) is 0.297. The number of rotatable bonds is 3. The number of amides is 1. The molecule has 0 heterocycles. The van der Waals surface area contributed by atoms with Gasteiger partial charge in [0, 0.05) is 11.6 Å². The lowest BCUT2D eigenvalue weighted by Gasteiger charge is -2.07. The minimum absolute atomic E-state index is 0.118. The van der Waals surface area contributed by atoms with Gasteiger partial charge >= 0.3 is 0 Å². The fraction of sp³-hybridized carbons (Fsp3) is 0.0714. The van der Waals surface area contributed by atoms with Crippen LogP contribution in [-0.2, 0) is 6.54 Å². The van der Waals surface area contributed by atoms with Gasteiger partial charge in [-0.2, -0.15) is 0 Å². The lowest BCUT2D eigenvalue weighted by atomic mass is 10.1. The van der Waals surface area contributed by atoms with Crippen LogP contribution >= 0.6 is 11.6 Å². The van der Waals surface area contributed by atoms with E-state index in [4.69, 9.17) is 16.7 Å². The third-order valence-corrected chi connectivity index (χ3v) is 2.83. The van der Waals surface area contributed by atoms with Gasteiger partial charge < -0.3 is 15.5 Å². The van der Waals surface area contributed by atoms with Crippen LogP contribution in [0.3, 0.4) is 0 Å². The Bertz CT molecular complexity index is 596. The maximum absolute atomic E-state index is 11.9. The largest absolute Gasteiger partial charge is 0.508 e. The number of phenolic OH excluding ortho intramolecular Hbond substituents is 2. The van der Waals surface area contributed by atoms with Crippen LogP contribution in [0.5, 0.6) is 11.5 Å². The van der Waals surface area contributed by atoms with E-state index in [1.165, 1.54) is 18.2 Å². The number of hydrogen-bond donors (Lipinski definition) is 3. The van der Waals surface area contributed by atoms with Crippen LogP contribution in [0.1, 0.15) is 15.9 Å². The molecule has 0 unspecified atom stereocenters. The van der Waals surface area contributed by atoms with E-state index in [0.29, 0.717) is 11.6 Å². The number of carbonyl (C=O) groups is 1. The summed E-state index contributed by atoms with van der Waals surface area (Å²) in [7, 11) is 0. The highest BCUT2D eigenvalue weighted by molar-refractivity contribution is 6.31. The lowest BCUT2D eigenvalue weighted by Crippen LogP contribution is -2.22. The molecule has 0 saturated heterocycles. The highest BCUT2D eigenvalue weighted by Gasteiger charge is 2.11. The highest BCUT2D eigenvalue weighted by atomic mass is 35.5. The number of halogens is 1. The second-order valence-electron chi connectivity index (χ2n) is 4.01. The molecule has 4 nitrogen and oxygen atoms in total. The van der Waals surface area contributed by atoms with Crippen molar-refractivity contribution >= 4 is 17.5 Å². The molecule has 0 saturated carbocycles. The molecule has 0 aliphatic heterocycles. The van der Waals surface area contributed by atoms with E-state index in [1.54, 1.807) is 24.3 Å². The molecule has 0 radical (unpaired) electrons. The summed E-state index contributed by atoms with van der Waals surface area (Å²) in [5, 5.41) is 21.8. The lowest BCUT2D eigenvalue weighted by molar-refractivity contribution is 0.0948. The Morgan fingerprint density at radius 1 is 1.11 bits per heavy atom. The molecule has 2 aromatic carbocycles. The summed E-state index contributed by atoms with van der Waals surface area (Å²) in [6, 6.07) is 10.8. The molecular formula is C14H12ClNO3. The van der Waals surface area contributed by atoms with E-state index in [9.17, 15) is 9.90 Å². The molecule has 0 fully saturated rings. The monoisotopic (exact) mass is 277 g/mol. The summed E-state index contributed by atoms with van der Waals surface area (Å²) < 4.78 is 0. The zero-order chi connectivity index (χ0) is 13.8. The van der Waals surface area contributed by atoms with Gasteiger partial charge in [0.1, 0.15) is 11.5 Å². The van der Waals surface area contributed by atoms with Crippen LogP contribution < -0.4 is 5.32 Å². The normalized spacial score (nSPS) is 10.2. The van der Waals surface area contributed by atoms with Crippen molar-refractivity contribution in [3.8, 4) is 11.5 Å². The van der Waals surface area contributed by atoms with Crippen LogP contribution in [0, 0.1) is 0 Å². The van der Waals surface area contributed by atoms with Gasteiger partial charge in [0.15, 0.2) is 0 Å². The maximum Gasteiger partial charge on any atom is 0.255 e. The molecule has 2 rings (SSSR count). The van der Waals surface area contributed by atoms with Crippen molar-refractivity contribution in [2.45, 2.75) is 6.54 Å². The number of hydrogen-bond acceptors (Lipinski definition) is 3. The van der Waals surface area contributed by atoms with E-state index >= 15 is 0 Å². The average molecular weight is 278 g/mol. The standard InChI is InChI=1S/C14H12ClNO3/c15-10-3-6-13(18)12(7-10)14(19)16-8-9-1-4-11(17)5-2-9/h1-7,17-18H,8H2,(H,16,19). The van der Waals surface area contributed by atoms with Crippen molar-refractivity contribution in [2.75, 3.05) is 0 Å². The third-order valence-electron chi connectivity index (χ3n) is 2.59. The van der Waals surface area contributed by atoms with Crippen LogP contribution in [0.15, 0.2) is 42.5 Å². The SMILES string of the molecule is O=C(NCc1ccc(O)cc1)c1cc(Cl)ccc1O. The van der Waals surface area contributed by atoms with E-state index in [-0.39, 0.29) is 17.1 Å². The molecule has 0 spiro atoms. The quantitative estimate of drug-likeness (QED) is 0.808. The molecule has 2 aromatic rings. The van der Waals surface area contributed by atoms with E-state index in [2.05, 4.69) is 5.32 Å². The minimum Gasteiger partial charge on any atom is -0.508 e. The van der Waals surface area contributed by atoms with Crippen molar-refractivity contribution in [1.29, 1.82) is 0 Å². The first kappa shape index (κ1) is 13.2. The van der Waals surface area contributed by atoms with Crippen molar-refractivity contribution < 1.29 is 15.0 Å². The van der Waals surface area contributed by atoms with Gasteiger partial charge in [-0.15, -0.1) is 0 Å². The van der Waals surface area contributed by atoms with Crippen molar-refractivity contribution in [3.63, 3.8) is 0 Å². The van der Waals surface area contributed by atoms with Gasteiger partial charge in [0.2, 0.25) is 0 Å². The van der Waals surface area contributed by atoms with Crippen LogP contribution in [-0.4, -0.2) is 16.1 Å². The maximum atomic E-state index is 11.9. The first-order valence-corrected chi connectivity index (χ1v) is 5.98. The van der Waals surface area contributed by atoms with Gasteiger partial charge in [0.05, 0.1) is 5.56 Å². The predicted octanol–water partition coefficient (Wildman–Crippen LogP) is 2.68. The number of phenols is 2. The first-order chi connectivity index (χ1) is 9.06. The molecule has 98 valence electrons. The number of benzene rings is 2. The second kappa shape index (κ2) is 5.63. The van der Waals surface area contributed by atoms with E-state index in [0.717, 1.165) is 5.56 Å².